The Morgan fingerprint density at radius 2 is 2.04 bits per heavy atom. The lowest BCUT2D eigenvalue weighted by Gasteiger charge is -2.36. The molecule has 24 heavy (non-hydrogen) atoms. The summed E-state index contributed by atoms with van der Waals surface area (Å²) >= 11 is 0. The summed E-state index contributed by atoms with van der Waals surface area (Å²) in [5.74, 6) is 1.24. The fraction of sp³-hybridized carbons (Fsp3) is 0.353. The number of nitrogen functional groups attached to an aromatic ring is 1. The van der Waals surface area contributed by atoms with E-state index >= 15 is 0 Å². The molecule has 0 bridgehead atoms. The number of carbonyl (C=O) groups excluding carboxylic acids is 1. The highest BCUT2D eigenvalue weighted by Gasteiger charge is 2.43. The van der Waals surface area contributed by atoms with Crippen molar-refractivity contribution in [3.63, 3.8) is 0 Å². The molecule has 1 aromatic carbocycles. The van der Waals surface area contributed by atoms with E-state index in [0.29, 0.717) is 25.5 Å². The van der Waals surface area contributed by atoms with Crippen LogP contribution in [0.1, 0.15) is 5.56 Å². The van der Waals surface area contributed by atoms with Crippen LogP contribution in [-0.2, 0) is 16.1 Å². The Morgan fingerprint density at radius 1 is 1.21 bits per heavy atom. The highest BCUT2D eigenvalue weighted by atomic mass is 16.5. The second kappa shape index (κ2) is 6.09. The molecule has 7 nitrogen and oxygen atoms in total. The number of nitrogens with zero attached hydrogens (tertiary/aromatic N) is 4. The van der Waals surface area contributed by atoms with Crippen LogP contribution in [0.4, 0.5) is 11.6 Å². The van der Waals surface area contributed by atoms with Gasteiger partial charge in [-0.3, -0.25) is 4.79 Å². The number of aromatic nitrogens is 2. The summed E-state index contributed by atoms with van der Waals surface area (Å²) in [4.78, 5) is 24.6. The highest BCUT2D eigenvalue weighted by molar-refractivity contribution is 5.79. The number of ether oxygens (including phenoxy) is 1. The van der Waals surface area contributed by atoms with Gasteiger partial charge in [0.15, 0.2) is 0 Å². The molecule has 0 aliphatic carbocycles. The molecule has 2 aromatic rings. The first kappa shape index (κ1) is 14.9. The molecule has 2 atom stereocenters. The average Bonchev–Trinajstić information content (AvgIpc) is 3.03. The van der Waals surface area contributed by atoms with Gasteiger partial charge in [-0.1, -0.05) is 30.3 Å². The normalized spacial score (nSPS) is 23.4. The fourth-order valence-electron chi connectivity index (χ4n) is 3.37. The van der Waals surface area contributed by atoms with Crippen molar-refractivity contribution in [2.75, 3.05) is 30.3 Å². The van der Waals surface area contributed by atoms with Gasteiger partial charge < -0.3 is 20.3 Å². The smallest absolute Gasteiger partial charge is 0.249 e. The first-order chi connectivity index (χ1) is 11.7. The summed E-state index contributed by atoms with van der Waals surface area (Å²) in [5.41, 5.74) is 6.87. The van der Waals surface area contributed by atoms with Crippen molar-refractivity contribution < 1.29 is 9.53 Å². The monoisotopic (exact) mass is 325 g/mol. The van der Waals surface area contributed by atoms with Crippen LogP contribution in [0, 0.1) is 0 Å². The van der Waals surface area contributed by atoms with E-state index in [9.17, 15) is 4.79 Å². The summed E-state index contributed by atoms with van der Waals surface area (Å²) in [7, 11) is 0. The molecule has 2 N–H and O–H groups in total. The van der Waals surface area contributed by atoms with E-state index in [1.807, 2.05) is 35.2 Å². The van der Waals surface area contributed by atoms with Crippen molar-refractivity contribution in [1.29, 1.82) is 0 Å². The third-order valence-electron chi connectivity index (χ3n) is 4.57. The van der Waals surface area contributed by atoms with Crippen LogP contribution >= 0.6 is 0 Å². The summed E-state index contributed by atoms with van der Waals surface area (Å²) in [6, 6.07) is 11.8. The number of rotatable bonds is 3. The summed E-state index contributed by atoms with van der Waals surface area (Å²) < 4.78 is 5.76. The first-order valence-electron chi connectivity index (χ1n) is 7.98. The molecule has 3 heterocycles. The van der Waals surface area contributed by atoms with Crippen LogP contribution in [-0.4, -0.2) is 52.6 Å². The SMILES string of the molecule is Nc1cc(N2C[C@@H]3[C@@H](C2)OCC(=O)N3Cc2ccccc2)ncn1. The van der Waals surface area contributed by atoms with Crippen molar-refractivity contribution in [1.82, 2.24) is 14.9 Å². The van der Waals surface area contributed by atoms with Gasteiger partial charge in [-0.25, -0.2) is 9.97 Å². The number of nitrogens with two attached hydrogens (primary N) is 1. The molecule has 0 radical (unpaired) electrons. The molecule has 124 valence electrons. The van der Waals surface area contributed by atoms with Gasteiger partial charge in [0.05, 0.1) is 12.1 Å². The molecule has 2 aliphatic rings. The Balaban J connectivity index is 1.55. The third kappa shape index (κ3) is 2.78. The van der Waals surface area contributed by atoms with Crippen molar-refractivity contribution in [2.24, 2.45) is 0 Å². The highest BCUT2D eigenvalue weighted by Crippen LogP contribution is 2.28. The summed E-state index contributed by atoms with van der Waals surface area (Å²) in [6.45, 7) is 2.11. The molecule has 0 spiro atoms. The zero-order valence-electron chi connectivity index (χ0n) is 13.2. The third-order valence-corrected chi connectivity index (χ3v) is 4.57. The number of benzene rings is 1. The quantitative estimate of drug-likeness (QED) is 0.893. The minimum atomic E-state index is -0.0115. The van der Waals surface area contributed by atoms with Gasteiger partial charge in [0.1, 0.15) is 24.6 Å². The van der Waals surface area contributed by atoms with E-state index in [0.717, 1.165) is 11.4 Å². The number of hydrogen-bond donors (Lipinski definition) is 1. The van der Waals surface area contributed by atoms with Crippen LogP contribution in [0.5, 0.6) is 0 Å². The van der Waals surface area contributed by atoms with Gasteiger partial charge in [-0.15, -0.1) is 0 Å². The van der Waals surface area contributed by atoms with Gasteiger partial charge in [0, 0.05) is 25.7 Å². The van der Waals surface area contributed by atoms with Crippen LogP contribution < -0.4 is 10.6 Å². The van der Waals surface area contributed by atoms with Crippen LogP contribution in [0.3, 0.4) is 0 Å². The van der Waals surface area contributed by atoms with Crippen molar-refractivity contribution in [3.8, 4) is 0 Å². The van der Waals surface area contributed by atoms with E-state index in [-0.39, 0.29) is 24.7 Å². The van der Waals surface area contributed by atoms with Crippen LogP contribution in [0.25, 0.3) is 0 Å². The molecule has 1 aromatic heterocycles. The molecule has 4 rings (SSSR count). The Bertz CT molecular complexity index is 739. The Kier molecular flexibility index (Phi) is 3.78. The van der Waals surface area contributed by atoms with Crippen LogP contribution in [0.15, 0.2) is 42.7 Å². The molecule has 2 saturated heterocycles. The maximum atomic E-state index is 12.4. The molecule has 1 amide bonds. The van der Waals surface area contributed by atoms with Gasteiger partial charge in [0.25, 0.3) is 0 Å². The molecule has 0 unspecified atom stereocenters. The minimum absolute atomic E-state index is 0.0115. The van der Waals surface area contributed by atoms with E-state index in [2.05, 4.69) is 14.9 Å². The topological polar surface area (TPSA) is 84.6 Å². The maximum Gasteiger partial charge on any atom is 0.249 e. The number of morpholine rings is 1. The Hall–Kier alpha value is -2.67. The molecule has 2 fully saturated rings. The molecular formula is C17H19N5O2. The molecular weight excluding hydrogens is 306 g/mol. The predicted molar refractivity (Wildman–Crippen MR) is 89.2 cm³/mol. The van der Waals surface area contributed by atoms with E-state index in [1.165, 1.54) is 6.33 Å². The standard InChI is InChI=1S/C17H19N5O2/c18-15-6-16(20-11-19-15)21-8-13-14(9-21)24-10-17(23)22(13)7-12-4-2-1-3-5-12/h1-6,11,13-14H,7-10H2,(H2,18,19,20)/t13-,14-/m1/s1. The number of carbonyl (C=O) groups is 1. The second-order valence-corrected chi connectivity index (χ2v) is 6.13. The van der Waals surface area contributed by atoms with E-state index in [4.69, 9.17) is 10.5 Å². The predicted octanol–water partition coefficient (Wildman–Crippen LogP) is 0.675. The fourth-order valence-corrected chi connectivity index (χ4v) is 3.37. The van der Waals surface area contributed by atoms with Crippen molar-refractivity contribution in [2.45, 2.75) is 18.7 Å². The first-order valence-corrected chi connectivity index (χ1v) is 7.98. The van der Waals surface area contributed by atoms with Crippen LogP contribution in [0.2, 0.25) is 0 Å². The summed E-state index contributed by atoms with van der Waals surface area (Å²) in [6.07, 6.45) is 1.45. The Labute approximate surface area is 140 Å². The zero-order valence-corrected chi connectivity index (χ0v) is 13.2. The van der Waals surface area contributed by atoms with E-state index < -0.39 is 0 Å². The number of amides is 1. The lowest BCUT2D eigenvalue weighted by atomic mass is 10.1. The zero-order chi connectivity index (χ0) is 16.5. The maximum absolute atomic E-state index is 12.4. The van der Waals surface area contributed by atoms with Gasteiger partial charge in [-0.05, 0) is 5.56 Å². The largest absolute Gasteiger partial charge is 0.384 e. The molecule has 2 aliphatic heterocycles. The average molecular weight is 325 g/mol. The minimum Gasteiger partial charge on any atom is -0.384 e. The molecule has 0 saturated carbocycles. The van der Waals surface area contributed by atoms with Crippen molar-refractivity contribution in [3.05, 3.63) is 48.3 Å². The van der Waals surface area contributed by atoms with Gasteiger partial charge in [0.2, 0.25) is 5.91 Å². The van der Waals surface area contributed by atoms with E-state index in [1.54, 1.807) is 6.07 Å². The number of anilines is 2. The lowest BCUT2D eigenvalue weighted by Crippen LogP contribution is -2.53. The van der Waals surface area contributed by atoms with Gasteiger partial charge in [-0.2, -0.15) is 0 Å². The lowest BCUT2D eigenvalue weighted by molar-refractivity contribution is -0.153. The van der Waals surface area contributed by atoms with Gasteiger partial charge >= 0.3 is 0 Å². The second-order valence-electron chi connectivity index (χ2n) is 6.13. The Morgan fingerprint density at radius 3 is 2.83 bits per heavy atom. The summed E-state index contributed by atoms with van der Waals surface area (Å²) in [5, 5.41) is 0. The number of fused-ring (bicyclic) bond motifs is 1. The van der Waals surface area contributed by atoms with Crippen molar-refractivity contribution >= 4 is 17.5 Å². The molecule has 7 heteroatoms. The number of hydrogen-bond acceptors (Lipinski definition) is 6.